The fourth-order valence-electron chi connectivity index (χ4n) is 7.21. The minimum atomic E-state index is -0.662. The molecule has 1 aliphatic heterocycles. The van der Waals surface area contributed by atoms with Gasteiger partial charge >= 0.3 is 0 Å². The highest BCUT2D eigenvalue weighted by atomic mass is 16.7. The molecule has 1 saturated heterocycles. The standard InChI is InChI=1S/C22H29NO4/c1-20-6-7-22(26-8-9-27-22)10-14(20)2-4-16-17-5-3-15(24)11-21(17,13-23)12-18(25)19(16)20/h2,15-17,19,24H,3-12H2,1H3/t15-,16+,17+,19-,20+,21+/m1/s1. The average molecular weight is 371 g/mol. The highest BCUT2D eigenvalue weighted by molar-refractivity contribution is 5.85. The number of nitrogens with zero attached hydrogens (tertiary/aromatic N) is 1. The van der Waals surface area contributed by atoms with Crippen molar-refractivity contribution in [2.24, 2.45) is 28.6 Å². The SMILES string of the molecule is C[C@]12CCC3(CC1=CC[C@H]1[C@@H]4CC[C@@H](O)C[C@@]4(C#N)CC(=O)[C@@H]12)OCCO3. The normalized spacial score (nSPS) is 48.2. The molecule has 146 valence electrons. The van der Waals surface area contributed by atoms with Crippen molar-refractivity contribution in [3.63, 3.8) is 0 Å². The van der Waals surface area contributed by atoms with Crippen LogP contribution in [-0.4, -0.2) is 36.0 Å². The van der Waals surface area contributed by atoms with Crippen LogP contribution in [0.3, 0.4) is 0 Å². The summed E-state index contributed by atoms with van der Waals surface area (Å²) >= 11 is 0. The molecule has 5 heteroatoms. The first-order valence-electron chi connectivity index (χ1n) is 10.5. The van der Waals surface area contributed by atoms with Crippen molar-refractivity contribution in [1.82, 2.24) is 0 Å². The second-order valence-electron chi connectivity index (χ2n) is 9.76. The number of nitriles is 1. The third-order valence-corrected chi connectivity index (χ3v) is 8.48. The molecule has 4 fully saturated rings. The van der Waals surface area contributed by atoms with Gasteiger partial charge in [-0.1, -0.05) is 18.6 Å². The first-order chi connectivity index (χ1) is 12.9. The average Bonchev–Trinajstić information content (AvgIpc) is 3.10. The van der Waals surface area contributed by atoms with Gasteiger partial charge in [0.25, 0.3) is 0 Å². The molecule has 0 aromatic rings. The molecule has 3 saturated carbocycles. The molecule has 1 spiro atoms. The second-order valence-corrected chi connectivity index (χ2v) is 9.76. The second kappa shape index (κ2) is 5.89. The molecule has 0 unspecified atom stereocenters. The lowest BCUT2D eigenvalue weighted by molar-refractivity contribution is -0.187. The summed E-state index contributed by atoms with van der Waals surface area (Å²) in [4.78, 5) is 13.4. The number of ketones is 1. The minimum Gasteiger partial charge on any atom is -0.393 e. The molecule has 5 rings (SSSR count). The number of aliphatic hydroxyl groups excluding tert-OH is 1. The maximum absolute atomic E-state index is 13.4. The molecule has 5 aliphatic rings. The summed E-state index contributed by atoms with van der Waals surface area (Å²) in [6, 6.07) is 2.50. The van der Waals surface area contributed by atoms with Crippen molar-refractivity contribution < 1.29 is 19.4 Å². The molecule has 27 heavy (non-hydrogen) atoms. The fraction of sp³-hybridized carbons (Fsp3) is 0.818. The topological polar surface area (TPSA) is 79.5 Å². The number of aliphatic hydroxyl groups is 1. The van der Waals surface area contributed by atoms with Crippen molar-refractivity contribution in [3.05, 3.63) is 11.6 Å². The Kier molecular flexibility index (Phi) is 3.89. The largest absolute Gasteiger partial charge is 0.393 e. The summed E-state index contributed by atoms with van der Waals surface area (Å²) in [5, 5.41) is 20.2. The number of Topliss-reactive ketones (excluding diaryl/α,β-unsaturated/α-hetero) is 1. The van der Waals surface area contributed by atoms with Crippen LogP contribution in [0.4, 0.5) is 0 Å². The van der Waals surface area contributed by atoms with Crippen molar-refractivity contribution in [2.45, 2.75) is 70.2 Å². The van der Waals surface area contributed by atoms with Crippen molar-refractivity contribution >= 4 is 5.78 Å². The smallest absolute Gasteiger partial charge is 0.172 e. The monoisotopic (exact) mass is 371 g/mol. The van der Waals surface area contributed by atoms with Crippen LogP contribution in [0, 0.1) is 39.9 Å². The van der Waals surface area contributed by atoms with E-state index >= 15 is 0 Å². The molecule has 0 bridgehead atoms. The number of allylic oxidation sites excluding steroid dienone is 1. The Bertz CT molecular complexity index is 733. The van der Waals surface area contributed by atoms with Gasteiger partial charge in [0, 0.05) is 25.2 Å². The van der Waals surface area contributed by atoms with E-state index in [0.29, 0.717) is 26.1 Å². The van der Waals surface area contributed by atoms with Crippen molar-refractivity contribution in [2.75, 3.05) is 13.2 Å². The molecule has 1 N–H and O–H groups in total. The predicted molar refractivity (Wildman–Crippen MR) is 97.3 cm³/mol. The van der Waals surface area contributed by atoms with Gasteiger partial charge in [0.1, 0.15) is 5.78 Å². The molecular weight excluding hydrogens is 342 g/mol. The van der Waals surface area contributed by atoms with E-state index in [1.165, 1.54) is 5.57 Å². The van der Waals surface area contributed by atoms with E-state index in [1.807, 2.05) is 0 Å². The van der Waals surface area contributed by atoms with Crippen LogP contribution in [-0.2, 0) is 14.3 Å². The lowest BCUT2D eigenvalue weighted by Gasteiger charge is -2.58. The minimum absolute atomic E-state index is 0.00188. The van der Waals surface area contributed by atoms with Crippen LogP contribution in [0.5, 0.6) is 0 Å². The van der Waals surface area contributed by atoms with Gasteiger partial charge in [-0.25, -0.2) is 0 Å². The number of fused-ring (bicyclic) bond motifs is 5. The van der Waals surface area contributed by atoms with Gasteiger partial charge in [-0.3, -0.25) is 4.79 Å². The van der Waals surface area contributed by atoms with E-state index in [-0.39, 0.29) is 29.0 Å². The molecule has 1 heterocycles. The quantitative estimate of drug-likeness (QED) is 0.662. The number of rotatable bonds is 0. The Morgan fingerprint density at radius 3 is 2.74 bits per heavy atom. The molecule has 0 aromatic carbocycles. The summed E-state index contributed by atoms with van der Waals surface area (Å²) in [5.74, 6) is 0.216. The van der Waals surface area contributed by atoms with E-state index < -0.39 is 17.3 Å². The van der Waals surface area contributed by atoms with Crippen molar-refractivity contribution in [3.8, 4) is 6.07 Å². The molecule has 0 aromatic heterocycles. The van der Waals surface area contributed by atoms with Crippen LogP contribution in [0.1, 0.15) is 58.3 Å². The molecule has 4 aliphatic carbocycles. The summed E-state index contributed by atoms with van der Waals surface area (Å²) < 4.78 is 11.9. The number of carbonyl (C=O) groups excluding carboxylic acids is 1. The zero-order valence-corrected chi connectivity index (χ0v) is 16.1. The van der Waals surface area contributed by atoms with Crippen LogP contribution in [0.2, 0.25) is 0 Å². The molecule has 0 radical (unpaired) electrons. The lowest BCUT2D eigenvalue weighted by atomic mass is 9.44. The number of ether oxygens (including phenoxy) is 2. The van der Waals surface area contributed by atoms with E-state index in [0.717, 1.165) is 38.5 Å². The van der Waals surface area contributed by atoms with Gasteiger partial charge in [-0.2, -0.15) is 5.26 Å². The van der Waals surface area contributed by atoms with E-state index in [2.05, 4.69) is 19.1 Å². The molecule has 6 atom stereocenters. The third-order valence-electron chi connectivity index (χ3n) is 8.48. The third kappa shape index (κ3) is 2.43. The zero-order chi connectivity index (χ0) is 18.9. The molecular formula is C22H29NO4. The van der Waals surface area contributed by atoms with Crippen LogP contribution >= 0.6 is 0 Å². The Hall–Kier alpha value is -1.22. The van der Waals surface area contributed by atoms with Gasteiger partial charge < -0.3 is 14.6 Å². The summed E-state index contributed by atoms with van der Waals surface area (Å²) in [6.45, 7) is 3.57. The zero-order valence-electron chi connectivity index (χ0n) is 16.1. The van der Waals surface area contributed by atoms with E-state index in [4.69, 9.17) is 9.47 Å². The summed E-state index contributed by atoms with van der Waals surface area (Å²) in [5.41, 5.74) is 0.522. The Morgan fingerprint density at radius 1 is 1.22 bits per heavy atom. The van der Waals surface area contributed by atoms with Gasteiger partial charge in [-0.05, 0) is 49.4 Å². The highest BCUT2D eigenvalue weighted by Gasteiger charge is 2.62. The number of carbonyl (C=O) groups is 1. The number of hydrogen-bond acceptors (Lipinski definition) is 5. The number of hydrogen-bond donors (Lipinski definition) is 1. The Labute approximate surface area is 160 Å². The lowest BCUT2D eigenvalue weighted by Crippen LogP contribution is -2.58. The van der Waals surface area contributed by atoms with Gasteiger partial charge in [0.15, 0.2) is 5.79 Å². The maximum Gasteiger partial charge on any atom is 0.172 e. The van der Waals surface area contributed by atoms with Crippen LogP contribution < -0.4 is 0 Å². The maximum atomic E-state index is 13.4. The predicted octanol–water partition coefficient (Wildman–Crippen LogP) is 3.13. The summed E-state index contributed by atoms with van der Waals surface area (Å²) in [6.07, 6.45) is 7.65. The highest BCUT2D eigenvalue weighted by Crippen LogP contribution is 2.64. The van der Waals surface area contributed by atoms with Gasteiger partial charge in [0.05, 0.1) is 30.8 Å². The molecule has 5 nitrogen and oxygen atoms in total. The Balaban J connectivity index is 1.51. The van der Waals surface area contributed by atoms with E-state index in [9.17, 15) is 15.2 Å². The summed E-state index contributed by atoms with van der Waals surface area (Å²) in [7, 11) is 0. The first-order valence-corrected chi connectivity index (χ1v) is 10.5. The van der Waals surface area contributed by atoms with Gasteiger partial charge in [-0.15, -0.1) is 0 Å². The Morgan fingerprint density at radius 2 is 2.00 bits per heavy atom. The molecule has 0 amide bonds. The van der Waals surface area contributed by atoms with Crippen LogP contribution in [0.25, 0.3) is 0 Å². The first kappa shape index (κ1) is 17.8. The fourth-order valence-corrected chi connectivity index (χ4v) is 7.21. The van der Waals surface area contributed by atoms with Crippen LogP contribution in [0.15, 0.2) is 11.6 Å². The van der Waals surface area contributed by atoms with Gasteiger partial charge in [0.2, 0.25) is 0 Å². The van der Waals surface area contributed by atoms with Crippen molar-refractivity contribution in [1.29, 1.82) is 5.26 Å². The van der Waals surface area contributed by atoms with E-state index in [1.54, 1.807) is 0 Å².